The second-order valence-corrected chi connectivity index (χ2v) is 5.53. The second kappa shape index (κ2) is 9.83. The van der Waals surface area contributed by atoms with Crippen molar-refractivity contribution in [3.05, 3.63) is 63.7 Å². The zero-order chi connectivity index (χ0) is 21.4. The Morgan fingerprint density at radius 3 is 2.48 bits per heavy atom. The molecule has 0 saturated heterocycles. The number of nitrogens with zero attached hydrogens (tertiary/aromatic N) is 1. The van der Waals surface area contributed by atoms with E-state index in [0.717, 1.165) is 6.07 Å². The zero-order valence-corrected chi connectivity index (χ0v) is 15.7. The molecule has 29 heavy (non-hydrogen) atoms. The van der Waals surface area contributed by atoms with Crippen molar-refractivity contribution in [1.82, 2.24) is 0 Å². The third-order valence-electron chi connectivity index (χ3n) is 3.63. The summed E-state index contributed by atoms with van der Waals surface area (Å²) in [5, 5.41) is 13.6. The van der Waals surface area contributed by atoms with Crippen LogP contribution in [0.1, 0.15) is 27.6 Å². The summed E-state index contributed by atoms with van der Waals surface area (Å²) in [7, 11) is 1.21. The van der Waals surface area contributed by atoms with E-state index in [1.807, 2.05) is 0 Å². The first kappa shape index (κ1) is 21.4. The molecule has 0 aliphatic carbocycles. The number of hydrogen-bond donors (Lipinski definition) is 1. The molecular weight excluding hydrogens is 384 g/mol. The van der Waals surface area contributed by atoms with Crippen LogP contribution in [0.25, 0.3) is 0 Å². The molecule has 1 amide bonds. The monoisotopic (exact) mass is 402 g/mol. The molecule has 2 rings (SSSR count). The van der Waals surface area contributed by atoms with Gasteiger partial charge in [-0.1, -0.05) is 12.1 Å². The fourth-order valence-corrected chi connectivity index (χ4v) is 2.35. The Labute approximate surface area is 165 Å². The van der Waals surface area contributed by atoms with Gasteiger partial charge in [0.05, 0.1) is 35.5 Å². The lowest BCUT2D eigenvalue weighted by atomic mass is 10.2. The van der Waals surface area contributed by atoms with Crippen LogP contribution in [0.5, 0.6) is 5.75 Å². The Morgan fingerprint density at radius 1 is 1.10 bits per heavy atom. The number of carbonyl (C=O) groups excluding carboxylic acids is 3. The SMILES string of the molecule is CCOc1ccc(C(=O)OCC(=O)Nc2ccccc2C(=O)OC)cc1[N+](=O)[O-]. The second-order valence-electron chi connectivity index (χ2n) is 5.53. The minimum Gasteiger partial charge on any atom is -0.487 e. The van der Waals surface area contributed by atoms with Gasteiger partial charge in [0.1, 0.15) is 0 Å². The maximum atomic E-state index is 12.1. The summed E-state index contributed by atoms with van der Waals surface area (Å²) in [5.41, 5.74) is -0.172. The molecule has 0 saturated carbocycles. The van der Waals surface area contributed by atoms with E-state index < -0.39 is 35.1 Å². The minimum atomic E-state index is -0.924. The number of carbonyl (C=O) groups is 3. The highest BCUT2D eigenvalue weighted by Gasteiger charge is 2.20. The number of methoxy groups -OCH3 is 1. The predicted octanol–water partition coefficient (Wildman–Crippen LogP) is 2.58. The van der Waals surface area contributed by atoms with E-state index in [4.69, 9.17) is 9.47 Å². The summed E-state index contributed by atoms with van der Waals surface area (Å²) >= 11 is 0. The van der Waals surface area contributed by atoms with Gasteiger partial charge in [-0.2, -0.15) is 0 Å². The Hall–Kier alpha value is -3.95. The number of nitro benzene ring substituents is 1. The van der Waals surface area contributed by atoms with Crippen LogP contribution < -0.4 is 10.1 Å². The first-order chi connectivity index (χ1) is 13.9. The number of nitrogens with one attached hydrogen (secondary N) is 1. The molecule has 0 spiro atoms. The van der Waals surface area contributed by atoms with Crippen LogP contribution in [0, 0.1) is 10.1 Å². The van der Waals surface area contributed by atoms with Crippen LogP contribution in [-0.2, 0) is 14.3 Å². The third-order valence-corrected chi connectivity index (χ3v) is 3.63. The number of hydrogen-bond acceptors (Lipinski definition) is 8. The van der Waals surface area contributed by atoms with Crippen molar-refractivity contribution in [2.24, 2.45) is 0 Å². The molecule has 0 aromatic heterocycles. The van der Waals surface area contributed by atoms with Crippen molar-refractivity contribution in [2.45, 2.75) is 6.92 Å². The molecule has 0 unspecified atom stereocenters. The Kier molecular flexibility index (Phi) is 7.24. The van der Waals surface area contributed by atoms with Gasteiger partial charge in [-0.25, -0.2) is 9.59 Å². The number of ether oxygens (including phenoxy) is 3. The van der Waals surface area contributed by atoms with Crippen molar-refractivity contribution < 1.29 is 33.5 Å². The molecule has 1 N–H and O–H groups in total. The standard InChI is InChI=1S/C19H18N2O8/c1-3-28-16-9-8-12(10-15(16)21(25)26)18(23)29-11-17(22)20-14-7-5-4-6-13(14)19(24)27-2/h4-10H,3,11H2,1-2H3,(H,20,22). The highest BCUT2D eigenvalue weighted by molar-refractivity contribution is 6.02. The van der Waals surface area contributed by atoms with Crippen LogP contribution in [0.4, 0.5) is 11.4 Å². The number of esters is 2. The van der Waals surface area contributed by atoms with E-state index in [9.17, 15) is 24.5 Å². The fraction of sp³-hybridized carbons (Fsp3) is 0.211. The topological polar surface area (TPSA) is 134 Å². The number of benzene rings is 2. The lowest BCUT2D eigenvalue weighted by Gasteiger charge is -2.10. The van der Waals surface area contributed by atoms with Gasteiger partial charge < -0.3 is 19.5 Å². The molecule has 0 fully saturated rings. The lowest BCUT2D eigenvalue weighted by molar-refractivity contribution is -0.385. The van der Waals surface area contributed by atoms with Crippen molar-refractivity contribution >= 4 is 29.2 Å². The Balaban J connectivity index is 2.04. The van der Waals surface area contributed by atoms with Crippen LogP contribution in [0.3, 0.4) is 0 Å². The number of rotatable bonds is 8. The van der Waals surface area contributed by atoms with Gasteiger partial charge in [-0.3, -0.25) is 14.9 Å². The third kappa shape index (κ3) is 5.51. The maximum absolute atomic E-state index is 12.1. The van der Waals surface area contributed by atoms with Crippen LogP contribution in [0.2, 0.25) is 0 Å². The number of anilines is 1. The highest BCUT2D eigenvalue weighted by Crippen LogP contribution is 2.28. The van der Waals surface area contributed by atoms with Crippen LogP contribution in [-0.4, -0.2) is 43.1 Å². The van der Waals surface area contributed by atoms with Crippen molar-refractivity contribution in [3.63, 3.8) is 0 Å². The van der Waals surface area contributed by atoms with Gasteiger partial charge >= 0.3 is 17.6 Å². The van der Waals surface area contributed by atoms with E-state index in [1.165, 1.54) is 31.4 Å². The average Bonchev–Trinajstić information content (AvgIpc) is 2.72. The summed E-state index contributed by atoms with van der Waals surface area (Å²) in [5.74, 6) is -2.24. The van der Waals surface area contributed by atoms with E-state index >= 15 is 0 Å². The maximum Gasteiger partial charge on any atom is 0.339 e. The molecule has 0 atom stereocenters. The van der Waals surface area contributed by atoms with E-state index in [-0.39, 0.29) is 29.2 Å². The van der Waals surface area contributed by atoms with Crippen LogP contribution >= 0.6 is 0 Å². The van der Waals surface area contributed by atoms with Gasteiger partial charge in [-0.15, -0.1) is 0 Å². The molecule has 0 aliphatic heterocycles. The molecule has 0 heterocycles. The Morgan fingerprint density at radius 2 is 1.83 bits per heavy atom. The average molecular weight is 402 g/mol. The van der Waals surface area contributed by atoms with Gasteiger partial charge in [0, 0.05) is 6.07 Å². The molecule has 2 aromatic rings. The summed E-state index contributed by atoms with van der Waals surface area (Å²) in [6.07, 6.45) is 0. The van der Waals surface area contributed by atoms with Crippen molar-refractivity contribution in [3.8, 4) is 5.75 Å². The quantitative estimate of drug-likeness (QED) is 0.404. The van der Waals surface area contributed by atoms with Gasteiger partial charge in [0.15, 0.2) is 12.4 Å². The fourth-order valence-electron chi connectivity index (χ4n) is 2.35. The molecule has 2 aromatic carbocycles. The summed E-state index contributed by atoms with van der Waals surface area (Å²) in [4.78, 5) is 46.3. The number of amides is 1. The first-order valence-electron chi connectivity index (χ1n) is 8.43. The van der Waals surface area contributed by atoms with Crippen molar-refractivity contribution in [1.29, 1.82) is 0 Å². The number of nitro groups is 1. The summed E-state index contributed by atoms with van der Waals surface area (Å²) in [6, 6.07) is 9.75. The predicted molar refractivity (Wildman–Crippen MR) is 101 cm³/mol. The molecule has 10 nitrogen and oxygen atoms in total. The molecule has 0 bridgehead atoms. The van der Waals surface area contributed by atoms with E-state index in [2.05, 4.69) is 10.1 Å². The molecule has 152 valence electrons. The minimum absolute atomic E-state index is 0.0196. The van der Waals surface area contributed by atoms with Crippen LogP contribution in [0.15, 0.2) is 42.5 Å². The summed E-state index contributed by atoms with van der Waals surface area (Å²) < 4.78 is 14.7. The highest BCUT2D eigenvalue weighted by atomic mass is 16.6. The smallest absolute Gasteiger partial charge is 0.339 e. The Bertz CT molecular complexity index is 942. The van der Waals surface area contributed by atoms with Gasteiger partial charge in [0.2, 0.25) is 0 Å². The normalized spacial score (nSPS) is 10.0. The van der Waals surface area contributed by atoms with Gasteiger partial charge in [0.25, 0.3) is 5.91 Å². The van der Waals surface area contributed by atoms with E-state index in [1.54, 1.807) is 19.1 Å². The largest absolute Gasteiger partial charge is 0.487 e. The van der Waals surface area contributed by atoms with Gasteiger partial charge in [-0.05, 0) is 31.2 Å². The molecule has 0 radical (unpaired) electrons. The zero-order valence-electron chi connectivity index (χ0n) is 15.7. The number of para-hydroxylation sites is 1. The molecule has 0 aliphatic rings. The molecular formula is C19H18N2O8. The lowest BCUT2D eigenvalue weighted by Crippen LogP contribution is -2.22. The van der Waals surface area contributed by atoms with Crippen molar-refractivity contribution in [2.75, 3.05) is 25.6 Å². The summed E-state index contributed by atoms with van der Waals surface area (Å²) in [6.45, 7) is 1.23. The molecule has 10 heteroatoms. The first-order valence-corrected chi connectivity index (χ1v) is 8.43. The van der Waals surface area contributed by atoms with E-state index in [0.29, 0.717) is 0 Å².